The second kappa shape index (κ2) is 4.48. The van der Waals surface area contributed by atoms with Crippen LogP contribution in [0.5, 0.6) is 0 Å². The summed E-state index contributed by atoms with van der Waals surface area (Å²) in [5.74, 6) is 0. The van der Waals surface area contributed by atoms with Crippen molar-refractivity contribution in [3.05, 3.63) is 36.2 Å². The molecule has 0 aliphatic heterocycles. The highest BCUT2D eigenvalue weighted by Gasteiger charge is 2.09. The Bertz CT molecular complexity index is 425. The van der Waals surface area contributed by atoms with E-state index >= 15 is 0 Å². The standard InChI is InChI=1S/C9H10BrN5/c1-7(10)9-5-13-14-15(9)6-8-4-11-2-3-12-8/h2-5,7H,6H2,1H3. The minimum absolute atomic E-state index is 0.226. The van der Waals surface area contributed by atoms with Gasteiger partial charge in [0.1, 0.15) is 0 Å². The second-order valence-electron chi connectivity index (χ2n) is 3.13. The molecule has 0 saturated carbocycles. The number of nitrogens with zero attached hydrogens (tertiary/aromatic N) is 5. The number of rotatable bonds is 3. The van der Waals surface area contributed by atoms with E-state index in [0.717, 1.165) is 11.4 Å². The Hall–Kier alpha value is -1.30. The van der Waals surface area contributed by atoms with Crippen molar-refractivity contribution < 1.29 is 0 Å². The van der Waals surface area contributed by atoms with Crippen LogP contribution in [0.3, 0.4) is 0 Å². The van der Waals surface area contributed by atoms with Crippen LogP contribution in [0.1, 0.15) is 23.1 Å². The van der Waals surface area contributed by atoms with E-state index in [1.807, 2.05) is 11.6 Å². The molecule has 5 nitrogen and oxygen atoms in total. The molecule has 6 heteroatoms. The molecule has 0 aliphatic rings. The summed E-state index contributed by atoms with van der Waals surface area (Å²) in [6, 6.07) is 0. The van der Waals surface area contributed by atoms with Gasteiger partial charge >= 0.3 is 0 Å². The van der Waals surface area contributed by atoms with Crippen LogP contribution in [-0.2, 0) is 6.54 Å². The lowest BCUT2D eigenvalue weighted by molar-refractivity contribution is 0.609. The van der Waals surface area contributed by atoms with Gasteiger partial charge in [0.25, 0.3) is 0 Å². The summed E-state index contributed by atoms with van der Waals surface area (Å²) in [5.41, 5.74) is 1.90. The third-order valence-corrected chi connectivity index (χ3v) is 2.45. The molecule has 2 rings (SSSR count). The first kappa shape index (κ1) is 10.2. The molecule has 0 aromatic carbocycles. The molecule has 0 N–H and O–H groups in total. The maximum Gasteiger partial charge on any atom is 0.0868 e. The second-order valence-corrected chi connectivity index (χ2v) is 4.50. The molecule has 2 heterocycles. The number of hydrogen-bond donors (Lipinski definition) is 0. The van der Waals surface area contributed by atoms with Crippen LogP contribution >= 0.6 is 15.9 Å². The monoisotopic (exact) mass is 267 g/mol. The molecule has 0 radical (unpaired) electrons. The molecule has 0 saturated heterocycles. The zero-order chi connectivity index (χ0) is 10.7. The van der Waals surface area contributed by atoms with Crippen LogP contribution in [0, 0.1) is 0 Å². The van der Waals surface area contributed by atoms with Crippen molar-refractivity contribution in [1.82, 2.24) is 25.0 Å². The molecule has 0 amide bonds. The zero-order valence-electron chi connectivity index (χ0n) is 8.21. The molecule has 0 fully saturated rings. The maximum atomic E-state index is 4.19. The first-order valence-corrected chi connectivity index (χ1v) is 5.46. The van der Waals surface area contributed by atoms with E-state index in [2.05, 4.69) is 36.2 Å². The predicted molar refractivity (Wildman–Crippen MR) is 58.5 cm³/mol. The Morgan fingerprint density at radius 3 is 2.93 bits per heavy atom. The fourth-order valence-electron chi connectivity index (χ4n) is 1.26. The zero-order valence-corrected chi connectivity index (χ0v) is 9.79. The quantitative estimate of drug-likeness (QED) is 0.793. The highest BCUT2D eigenvalue weighted by Crippen LogP contribution is 2.20. The van der Waals surface area contributed by atoms with Crippen LogP contribution in [-0.4, -0.2) is 25.0 Å². The molecular formula is C9H10BrN5. The van der Waals surface area contributed by atoms with Gasteiger partial charge in [-0.25, -0.2) is 4.68 Å². The lowest BCUT2D eigenvalue weighted by Gasteiger charge is -2.06. The van der Waals surface area contributed by atoms with E-state index in [0.29, 0.717) is 6.54 Å². The number of hydrogen-bond acceptors (Lipinski definition) is 4. The van der Waals surface area contributed by atoms with Crippen molar-refractivity contribution in [1.29, 1.82) is 0 Å². The van der Waals surface area contributed by atoms with E-state index in [9.17, 15) is 0 Å². The van der Waals surface area contributed by atoms with Gasteiger partial charge in [0, 0.05) is 12.4 Å². The van der Waals surface area contributed by atoms with E-state index in [-0.39, 0.29) is 4.83 Å². The van der Waals surface area contributed by atoms with Gasteiger partial charge in [-0.3, -0.25) is 9.97 Å². The molecule has 0 aliphatic carbocycles. The Labute approximate surface area is 95.7 Å². The van der Waals surface area contributed by atoms with Gasteiger partial charge in [0.05, 0.1) is 35.2 Å². The lowest BCUT2D eigenvalue weighted by Crippen LogP contribution is -2.08. The average Bonchev–Trinajstić information content (AvgIpc) is 2.67. The molecule has 0 spiro atoms. The Morgan fingerprint density at radius 2 is 2.27 bits per heavy atom. The number of alkyl halides is 1. The Balaban J connectivity index is 2.21. The topological polar surface area (TPSA) is 56.5 Å². The van der Waals surface area contributed by atoms with Crippen LogP contribution in [0.15, 0.2) is 24.8 Å². The van der Waals surface area contributed by atoms with E-state index in [1.165, 1.54) is 0 Å². The molecule has 15 heavy (non-hydrogen) atoms. The minimum atomic E-state index is 0.226. The molecule has 1 unspecified atom stereocenters. The summed E-state index contributed by atoms with van der Waals surface area (Å²) in [6.45, 7) is 2.63. The summed E-state index contributed by atoms with van der Waals surface area (Å²) in [6.07, 6.45) is 6.79. The summed E-state index contributed by atoms with van der Waals surface area (Å²) >= 11 is 3.49. The third-order valence-electron chi connectivity index (χ3n) is 1.98. The molecule has 0 bridgehead atoms. The van der Waals surface area contributed by atoms with Gasteiger partial charge in [0.15, 0.2) is 0 Å². The van der Waals surface area contributed by atoms with Crippen molar-refractivity contribution in [2.45, 2.75) is 18.3 Å². The third kappa shape index (κ3) is 2.38. The van der Waals surface area contributed by atoms with Gasteiger partial charge in [-0.05, 0) is 6.92 Å². The van der Waals surface area contributed by atoms with Crippen molar-refractivity contribution in [3.8, 4) is 0 Å². The van der Waals surface area contributed by atoms with Crippen molar-refractivity contribution >= 4 is 15.9 Å². The summed E-state index contributed by atoms with van der Waals surface area (Å²) in [5, 5.41) is 7.88. The fraction of sp³-hybridized carbons (Fsp3) is 0.333. The van der Waals surface area contributed by atoms with Gasteiger partial charge in [-0.2, -0.15) is 0 Å². The molecule has 2 aromatic heterocycles. The van der Waals surface area contributed by atoms with Crippen LogP contribution in [0.25, 0.3) is 0 Å². The maximum absolute atomic E-state index is 4.19. The van der Waals surface area contributed by atoms with Gasteiger partial charge < -0.3 is 0 Å². The predicted octanol–water partition coefficient (Wildman–Crippen LogP) is 1.57. The highest BCUT2D eigenvalue weighted by molar-refractivity contribution is 9.09. The highest BCUT2D eigenvalue weighted by atomic mass is 79.9. The van der Waals surface area contributed by atoms with Crippen molar-refractivity contribution in [3.63, 3.8) is 0 Å². The van der Waals surface area contributed by atoms with Crippen LogP contribution in [0.4, 0.5) is 0 Å². The molecular weight excluding hydrogens is 258 g/mol. The van der Waals surface area contributed by atoms with Gasteiger partial charge in [-0.15, -0.1) is 5.10 Å². The summed E-state index contributed by atoms with van der Waals surface area (Å²) < 4.78 is 1.81. The first-order valence-electron chi connectivity index (χ1n) is 4.54. The minimum Gasteiger partial charge on any atom is -0.261 e. The smallest absolute Gasteiger partial charge is 0.0868 e. The van der Waals surface area contributed by atoms with Gasteiger partial charge in [-0.1, -0.05) is 21.1 Å². The van der Waals surface area contributed by atoms with E-state index < -0.39 is 0 Å². The summed E-state index contributed by atoms with van der Waals surface area (Å²) in [7, 11) is 0. The largest absolute Gasteiger partial charge is 0.261 e. The molecule has 2 aromatic rings. The van der Waals surface area contributed by atoms with Crippen molar-refractivity contribution in [2.75, 3.05) is 0 Å². The summed E-state index contributed by atoms with van der Waals surface area (Å²) in [4.78, 5) is 8.42. The Morgan fingerprint density at radius 1 is 1.40 bits per heavy atom. The Kier molecular flexibility index (Phi) is 3.05. The molecule has 1 atom stereocenters. The van der Waals surface area contributed by atoms with E-state index in [1.54, 1.807) is 24.8 Å². The number of halogens is 1. The van der Waals surface area contributed by atoms with Crippen LogP contribution in [0.2, 0.25) is 0 Å². The molecule has 78 valence electrons. The van der Waals surface area contributed by atoms with E-state index in [4.69, 9.17) is 0 Å². The SMILES string of the molecule is CC(Br)c1cnnn1Cc1cnccn1. The fourth-order valence-corrected chi connectivity index (χ4v) is 1.62. The number of aromatic nitrogens is 5. The van der Waals surface area contributed by atoms with Gasteiger partial charge in [0.2, 0.25) is 0 Å². The first-order chi connectivity index (χ1) is 7.27. The van der Waals surface area contributed by atoms with Crippen molar-refractivity contribution in [2.24, 2.45) is 0 Å². The lowest BCUT2D eigenvalue weighted by atomic mass is 10.3. The average molecular weight is 268 g/mol. The normalized spacial score (nSPS) is 12.7. The van der Waals surface area contributed by atoms with Crippen LogP contribution < -0.4 is 0 Å².